The van der Waals surface area contributed by atoms with Crippen molar-refractivity contribution in [2.45, 2.75) is 61.8 Å². The number of hydrogen-bond donors (Lipinski definition) is 0. The lowest BCUT2D eigenvalue weighted by molar-refractivity contribution is -0.141. The molecule has 1 aliphatic rings. The van der Waals surface area contributed by atoms with E-state index in [4.69, 9.17) is 4.79 Å². The maximum Gasteiger partial charge on any atom is 0.133 e. The highest BCUT2D eigenvalue weighted by Gasteiger charge is 2.46. The van der Waals surface area contributed by atoms with Gasteiger partial charge in [0.2, 0.25) is 0 Å². The fourth-order valence-corrected chi connectivity index (χ4v) is 3.65. The molecular weight excluding hydrogens is 280 g/mol. The Morgan fingerprint density at radius 2 is 1.23 bits per heavy atom. The molecule has 0 aromatic heterocycles. The largest absolute Gasteiger partial charge is 0.304 e. The average Bonchev–Trinajstić information content (AvgIpc) is 2.40. The minimum Gasteiger partial charge on any atom is -0.304 e. The quantitative estimate of drug-likeness (QED) is 0.748. The van der Waals surface area contributed by atoms with E-state index in [0.717, 1.165) is 6.29 Å². The van der Waals surface area contributed by atoms with Crippen LogP contribution in [-0.4, -0.2) is 23.6 Å². The number of hydrogen-bond acceptors (Lipinski definition) is 4. The highest BCUT2D eigenvalue weighted by Crippen LogP contribution is 2.43. The maximum atomic E-state index is 11.7. The maximum absolute atomic E-state index is 11.7. The number of rotatable bonds is 3. The Balaban J connectivity index is 0. The lowest BCUT2D eigenvalue weighted by Gasteiger charge is -2.42. The zero-order valence-electron chi connectivity index (χ0n) is 15.3. The van der Waals surface area contributed by atoms with Crippen molar-refractivity contribution in [3.05, 3.63) is 0 Å². The van der Waals surface area contributed by atoms with Crippen LogP contribution in [-0.2, 0) is 19.2 Å². The third kappa shape index (κ3) is 6.20. The van der Waals surface area contributed by atoms with Crippen molar-refractivity contribution >= 4 is 23.6 Å². The highest BCUT2D eigenvalue weighted by atomic mass is 16.1. The summed E-state index contributed by atoms with van der Waals surface area (Å²) in [6, 6.07) is 0. The second-order valence-electron chi connectivity index (χ2n) is 5.80. The molecule has 0 aromatic carbocycles. The lowest BCUT2D eigenvalue weighted by atomic mass is 9.60. The molecule has 0 bridgehead atoms. The summed E-state index contributed by atoms with van der Waals surface area (Å²) in [4.78, 5) is 43.9. The zero-order valence-corrected chi connectivity index (χ0v) is 15.3. The van der Waals surface area contributed by atoms with E-state index in [1.807, 2.05) is 27.7 Å². The molecule has 0 spiro atoms. The number of Topliss-reactive ketones (excluding diaryl/α,β-unsaturated/α-hetero) is 3. The van der Waals surface area contributed by atoms with Crippen LogP contribution in [0.4, 0.5) is 0 Å². The highest BCUT2D eigenvalue weighted by molar-refractivity contribution is 5.89. The van der Waals surface area contributed by atoms with E-state index in [2.05, 4.69) is 0 Å². The SMILES string of the molecule is CC.CC(=O)C1CC(C)C(C(C)=O)[C@@H](C)C1C(C)=O.CC=O. The van der Waals surface area contributed by atoms with Gasteiger partial charge in [0.05, 0.1) is 0 Å². The van der Waals surface area contributed by atoms with Gasteiger partial charge >= 0.3 is 0 Å². The summed E-state index contributed by atoms with van der Waals surface area (Å²) in [5.74, 6) is -0.153. The molecule has 5 atom stereocenters. The molecule has 0 N–H and O–H groups in total. The Labute approximate surface area is 135 Å². The molecule has 0 radical (unpaired) electrons. The van der Waals surface area contributed by atoms with Crippen LogP contribution in [0.2, 0.25) is 0 Å². The topological polar surface area (TPSA) is 68.3 Å². The van der Waals surface area contributed by atoms with Crippen molar-refractivity contribution in [2.24, 2.45) is 29.6 Å². The normalized spacial score (nSPS) is 29.9. The zero-order chi connectivity index (χ0) is 18.0. The van der Waals surface area contributed by atoms with Crippen molar-refractivity contribution in [1.82, 2.24) is 0 Å². The number of carbonyl (C=O) groups is 4. The van der Waals surface area contributed by atoms with Crippen molar-refractivity contribution in [3.63, 3.8) is 0 Å². The van der Waals surface area contributed by atoms with Crippen LogP contribution in [0.5, 0.6) is 0 Å². The summed E-state index contributed by atoms with van der Waals surface area (Å²) >= 11 is 0. The van der Waals surface area contributed by atoms with Gasteiger partial charge in [-0.25, -0.2) is 0 Å². The Hall–Kier alpha value is -1.32. The number of ketones is 3. The van der Waals surface area contributed by atoms with Crippen LogP contribution < -0.4 is 0 Å². The first-order chi connectivity index (χ1) is 10.2. The molecule has 0 saturated heterocycles. The van der Waals surface area contributed by atoms with Crippen LogP contribution in [0.3, 0.4) is 0 Å². The van der Waals surface area contributed by atoms with E-state index < -0.39 is 0 Å². The van der Waals surface area contributed by atoms with Crippen LogP contribution >= 0.6 is 0 Å². The van der Waals surface area contributed by atoms with Crippen molar-refractivity contribution < 1.29 is 19.2 Å². The van der Waals surface area contributed by atoms with Gasteiger partial charge in [0.25, 0.3) is 0 Å². The fraction of sp³-hybridized carbons (Fsp3) is 0.778. The van der Waals surface area contributed by atoms with Gasteiger partial charge in [0.1, 0.15) is 23.6 Å². The summed E-state index contributed by atoms with van der Waals surface area (Å²) in [6.45, 7) is 14.1. The minimum atomic E-state index is -0.280. The molecule has 1 aliphatic carbocycles. The summed E-state index contributed by atoms with van der Waals surface area (Å²) in [5.41, 5.74) is 0. The monoisotopic (exact) mass is 312 g/mol. The van der Waals surface area contributed by atoms with Crippen molar-refractivity contribution in [3.8, 4) is 0 Å². The third-order valence-corrected chi connectivity index (χ3v) is 4.27. The Morgan fingerprint density at radius 1 is 0.864 bits per heavy atom. The molecule has 1 saturated carbocycles. The van der Waals surface area contributed by atoms with E-state index in [0.29, 0.717) is 6.42 Å². The molecule has 1 rings (SSSR count). The van der Waals surface area contributed by atoms with Gasteiger partial charge in [0.15, 0.2) is 0 Å². The smallest absolute Gasteiger partial charge is 0.133 e. The molecule has 4 unspecified atom stereocenters. The lowest BCUT2D eigenvalue weighted by Crippen LogP contribution is -2.46. The molecule has 0 heterocycles. The fourth-order valence-electron chi connectivity index (χ4n) is 3.65. The molecule has 4 nitrogen and oxygen atoms in total. The molecule has 0 aromatic rings. The molecule has 0 amide bonds. The van der Waals surface area contributed by atoms with Gasteiger partial charge in [-0.3, -0.25) is 14.4 Å². The molecule has 128 valence electrons. The van der Waals surface area contributed by atoms with Gasteiger partial charge in [0, 0.05) is 17.8 Å². The van der Waals surface area contributed by atoms with E-state index in [-0.39, 0.29) is 46.9 Å². The number of carbonyl (C=O) groups excluding carboxylic acids is 4. The van der Waals surface area contributed by atoms with Gasteiger partial charge in [-0.1, -0.05) is 27.7 Å². The summed E-state index contributed by atoms with van der Waals surface area (Å²) in [5, 5.41) is 0. The average molecular weight is 312 g/mol. The van der Waals surface area contributed by atoms with Crippen LogP contribution in [0.25, 0.3) is 0 Å². The second kappa shape index (κ2) is 11.3. The molecule has 1 fully saturated rings. The summed E-state index contributed by atoms with van der Waals surface area (Å²) in [6.07, 6.45) is 1.41. The summed E-state index contributed by atoms with van der Waals surface area (Å²) in [7, 11) is 0. The predicted octanol–water partition coefficient (Wildman–Crippen LogP) is 3.51. The predicted molar refractivity (Wildman–Crippen MR) is 88.5 cm³/mol. The molecule has 22 heavy (non-hydrogen) atoms. The van der Waals surface area contributed by atoms with Crippen LogP contribution in [0.1, 0.15) is 61.8 Å². The van der Waals surface area contributed by atoms with E-state index in [1.54, 1.807) is 13.8 Å². The summed E-state index contributed by atoms with van der Waals surface area (Å²) < 4.78 is 0. The van der Waals surface area contributed by atoms with Gasteiger partial charge in [-0.05, 0) is 46.0 Å². The first-order valence-corrected chi connectivity index (χ1v) is 8.10. The van der Waals surface area contributed by atoms with Gasteiger partial charge in [-0.2, -0.15) is 0 Å². The van der Waals surface area contributed by atoms with E-state index in [1.165, 1.54) is 13.8 Å². The Morgan fingerprint density at radius 3 is 1.50 bits per heavy atom. The van der Waals surface area contributed by atoms with Crippen LogP contribution in [0, 0.1) is 29.6 Å². The third-order valence-electron chi connectivity index (χ3n) is 4.27. The molecule has 4 heteroatoms. The molecule has 0 aliphatic heterocycles. The first kappa shape index (κ1) is 23.0. The van der Waals surface area contributed by atoms with E-state index in [9.17, 15) is 14.4 Å². The molecular formula is C18H32O4. The van der Waals surface area contributed by atoms with Crippen molar-refractivity contribution in [2.75, 3.05) is 0 Å². The van der Waals surface area contributed by atoms with Crippen molar-refractivity contribution in [1.29, 1.82) is 0 Å². The first-order valence-electron chi connectivity index (χ1n) is 8.10. The van der Waals surface area contributed by atoms with Gasteiger partial charge in [-0.15, -0.1) is 0 Å². The standard InChI is InChI=1S/C14H22O3.C2H4O.C2H6/c1-7-6-12(9(3)15)14(11(5)17)8(2)13(7)10(4)16;1-2-3;1-2/h7-8,12-14H,6H2,1-5H3;2H,1H3;1-2H3/t7?,8-,12?,13?,14?;;/m1../s1. The van der Waals surface area contributed by atoms with Gasteiger partial charge < -0.3 is 4.79 Å². The second-order valence-corrected chi connectivity index (χ2v) is 5.80. The van der Waals surface area contributed by atoms with Crippen LogP contribution in [0.15, 0.2) is 0 Å². The minimum absolute atomic E-state index is 0.0253. The Kier molecular flexibility index (Phi) is 11.8. The Bertz CT molecular complexity index is 387. The number of aldehydes is 1. The van der Waals surface area contributed by atoms with E-state index >= 15 is 0 Å².